The Labute approximate surface area is 210 Å². The highest BCUT2D eigenvalue weighted by molar-refractivity contribution is 7.99. The molecule has 35 heavy (non-hydrogen) atoms. The monoisotopic (exact) mass is 508 g/mol. The van der Waals surface area contributed by atoms with Crippen molar-refractivity contribution < 1.29 is 14.6 Å². The summed E-state index contributed by atoms with van der Waals surface area (Å²) >= 11 is 7.27. The molecule has 0 fully saturated rings. The van der Waals surface area contributed by atoms with Gasteiger partial charge < -0.3 is 9.84 Å². The molecule has 2 aromatic heterocycles. The quantitative estimate of drug-likeness (QED) is 0.196. The molecule has 11 heteroatoms. The molecule has 4 rings (SSSR count). The summed E-state index contributed by atoms with van der Waals surface area (Å²) < 4.78 is 7.20. The number of aromatic nitrogens is 4. The molecule has 0 saturated carbocycles. The largest absolute Gasteiger partial charge is 0.504 e. The first-order chi connectivity index (χ1) is 17.1. The Morgan fingerprint density at radius 1 is 1.17 bits per heavy atom. The number of benzene rings is 2. The molecule has 0 atom stereocenters. The number of nitrogens with one attached hydrogen (secondary N) is 1. The molecule has 0 aliphatic rings. The van der Waals surface area contributed by atoms with Crippen LogP contribution in [0.4, 0.5) is 0 Å². The number of phenolic OH excluding ortho intramolecular Hbond substituents is 1. The third-order valence-electron chi connectivity index (χ3n) is 4.71. The number of para-hydroxylation sites is 1. The molecule has 0 aliphatic carbocycles. The number of carbonyl (C=O) groups is 1. The number of pyridine rings is 1. The zero-order valence-corrected chi connectivity index (χ0v) is 20.2. The standard InChI is InChI=1S/C24H21ClN6O3S/c1-2-34-20-5-3-4-17(22(20)33)14-27-28-21(32)15-35-24-30-29-23(16-10-12-26-13-11-16)31(24)19-8-6-18(25)7-9-19/h3-14,33H,2,15H2,1H3,(H,28,32). The number of hydrazone groups is 1. The predicted molar refractivity (Wildman–Crippen MR) is 135 cm³/mol. The lowest BCUT2D eigenvalue weighted by atomic mass is 10.2. The summed E-state index contributed by atoms with van der Waals surface area (Å²) in [6, 6.07) is 16.0. The maximum absolute atomic E-state index is 12.4. The molecule has 178 valence electrons. The van der Waals surface area contributed by atoms with Gasteiger partial charge in [-0.05, 0) is 55.5 Å². The second-order valence-corrected chi connectivity index (χ2v) is 8.44. The number of phenols is 1. The van der Waals surface area contributed by atoms with E-state index >= 15 is 0 Å². The lowest BCUT2D eigenvalue weighted by Crippen LogP contribution is -2.20. The van der Waals surface area contributed by atoms with E-state index in [9.17, 15) is 9.90 Å². The van der Waals surface area contributed by atoms with Gasteiger partial charge in [0.25, 0.3) is 5.91 Å². The Hall–Kier alpha value is -3.89. The first kappa shape index (κ1) is 24.2. The second kappa shape index (κ2) is 11.5. The molecule has 0 bridgehead atoms. The van der Waals surface area contributed by atoms with E-state index in [-0.39, 0.29) is 17.4 Å². The van der Waals surface area contributed by atoms with Crippen LogP contribution in [-0.2, 0) is 4.79 Å². The van der Waals surface area contributed by atoms with Crippen LogP contribution in [0, 0.1) is 0 Å². The predicted octanol–water partition coefficient (Wildman–Crippen LogP) is 4.33. The molecule has 9 nitrogen and oxygen atoms in total. The highest BCUT2D eigenvalue weighted by Gasteiger charge is 2.17. The fourth-order valence-corrected chi connectivity index (χ4v) is 4.00. The number of nitrogens with zero attached hydrogens (tertiary/aromatic N) is 5. The molecule has 0 spiro atoms. The van der Waals surface area contributed by atoms with Gasteiger partial charge in [-0.15, -0.1) is 10.2 Å². The van der Waals surface area contributed by atoms with Crippen LogP contribution >= 0.6 is 23.4 Å². The van der Waals surface area contributed by atoms with E-state index in [1.165, 1.54) is 18.0 Å². The first-order valence-electron chi connectivity index (χ1n) is 10.6. The summed E-state index contributed by atoms with van der Waals surface area (Å²) in [7, 11) is 0. The molecule has 0 radical (unpaired) electrons. The Morgan fingerprint density at radius 2 is 1.94 bits per heavy atom. The van der Waals surface area contributed by atoms with E-state index in [0.717, 1.165) is 11.3 Å². The van der Waals surface area contributed by atoms with Crippen LogP contribution in [0.15, 0.2) is 77.2 Å². The first-order valence-corrected chi connectivity index (χ1v) is 11.9. The Bertz CT molecular complexity index is 1330. The van der Waals surface area contributed by atoms with E-state index in [0.29, 0.717) is 33.9 Å². The third kappa shape index (κ3) is 5.97. The van der Waals surface area contributed by atoms with Gasteiger partial charge in [-0.2, -0.15) is 5.10 Å². The van der Waals surface area contributed by atoms with E-state index in [2.05, 4.69) is 25.7 Å². The van der Waals surface area contributed by atoms with Crippen LogP contribution in [0.2, 0.25) is 5.02 Å². The van der Waals surface area contributed by atoms with Crippen LogP contribution in [0.1, 0.15) is 12.5 Å². The molecule has 2 N–H and O–H groups in total. The zero-order chi connectivity index (χ0) is 24.6. The molecule has 0 aliphatic heterocycles. The maximum Gasteiger partial charge on any atom is 0.250 e. The van der Waals surface area contributed by atoms with Crippen molar-refractivity contribution >= 4 is 35.5 Å². The molecular formula is C24H21ClN6O3S. The van der Waals surface area contributed by atoms with Gasteiger partial charge in [0, 0.05) is 34.2 Å². The fourth-order valence-electron chi connectivity index (χ4n) is 3.13. The van der Waals surface area contributed by atoms with Crippen LogP contribution in [0.5, 0.6) is 11.5 Å². The zero-order valence-electron chi connectivity index (χ0n) is 18.6. The van der Waals surface area contributed by atoms with E-state index < -0.39 is 0 Å². The summed E-state index contributed by atoms with van der Waals surface area (Å²) in [5.74, 6) is 0.624. The van der Waals surface area contributed by atoms with E-state index in [4.69, 9.17) is 16.3 Å². The van der Waals surface area contributed by atoms with Crippen molar-refractivity contribution in [1.82, 2.24) is 25.2 Å². The molecular weight excluding hydrogens is 488 g/mol. The molecule has 0 saturated heterocycles. The summed E-state index contributed by atoms with van der Waals surface area (Å²) in [6.45, 7) is 2.25. The average Bonchev–Trinajstić information content (AvgIpc) is 3.30. The van der Waals surface area contributed by atoms with Crippen LogP contribution in [-0.4, -0.2) is 49.3 Å². The lowest BCUT2D eigenvalue weighted by molar-refractivity contribution is -0.118. The van der Waals surface area contributed by atoms with Gasteiger partial charge in [0.2, 0.25) is 0 Å². The minimum absolute atomic E-state index is 0.0403. The van der Waals surface area contributed by atoms with Gasteiger partial charge in [-0.1, -0.05) is 29.4 Å². The van der Waals surface area contributed by atoms with Gasteiger partial charge >= 0.3 is 0 Å². The Morgan fingerprint density at radius 3 is 2.69 bits per heavy atom. The number of hydrogen-bond acceptors (Lipinski definition) is 8. The SMILES string of the molecule is CCOc1cccc(C=NNC(=O)CSc2nnc(-c3ccncc3)n2-c2ccc(Cl)cc2)c1O. The van der Waals surface area contributed by atoms with Crippen molar-refractivity contribution in [3.05, 3.63) is 77.6 Å². The molecule has 1 amide bonds. The van der Waals surface area contributed by atoms with Crippen molar-refractivity contribution in [2.24, 2.45) is 5.10 Å². The van der Waals surface area contributed by atoms with Gasteiger partial charge in [0.15, 0.2) is 22.5 Å². The van der Waals surface area contributed by atoms with Crippen molar-refractivity contribution in [3.63, 3.8) is 0 Å². The summed E-state index contributed by atoms with van der Waals surface area (Å²) in [5.41, 5.74) is 4.52. The summed E-state index contributed by atoms with van der Waals surface area (Å²) in [6.07, 6.45) is 4.71. The number of hydrogen-bond donors (Lipinski definition) is 2. The minimum Gasteiger partial charge on any atom is -0.504 e. The summed E-state index contributed by atoms with van der Waals surface area (Å²) in [4.78, 5) is 16.5. The number of halogens is 1. The van der Waals surface area contributed by atoms with Crippen molar-refractivity contribution in [1.29, 1.82) is 0 Å². The van der Waals surface area contributed by atoms with Gasteiger partial charge in [-0.3, -0.25) is 14.3 Å². The van der Waals surface area contributed by atoms with Crippen LogP contribution < -0.4 is 10.2 Å². The number of rotatable bonds is 9. The van der Waals surface area contributed by atoms with Crippen LogP contribution in [0.3, 0.4) is 0 Å². The summed E-state index contributed by atoms with van der Waals surface area (Å²) in [5, 5.41) is 23.9. The normalized spacial score (nSPS) is 11.0. The number of thioether (sulfide) groups is 1. The third-order valence-corrected chi connectivity index (χ3v) is 5.89. The fraction of sp³-hybridized carbons (Fsp3) is 0.125. The highest BCUT2D eigenvalue weighted by Crippen LogP contribution is 2.29. The minimum atomic E-state index is -0.345. The van der Waals surface area contributed by atoms with E-state index in [1.54, 1.807) is 42.7 Å². The van der Waals surface area contributed by atoms with E-state index in [1.807, 2.05) is 35.8 Å². The molecule has 4 aromatic rings. The highest BCUT2D eigenvalue weighted by atomic mass is 35.5. The lowest BCUT2D eigenvalue weighted by Gasteiger charge is -2.10. The smallest absolute Gasteiger partial charge is 0.250 e. The van der Waals surface area contributed by atoms with Crippen molar-refractivity contribution in [2.75, 3.05) is 12.4 Å². The maximum atomic E-state index is 12.4. The number of carbonyl (C=O) groups excluding carboxylic acids is 1. The van der Waals surface area contributed by atoms with Gasteiger partial charge in [-0.25, -0.2) is 5.43 Å². The van der Waals surface area contributed by atoms with Crippen molar-refractivity contribution in [2.45, 2.75) is 12.1 Å². The molecule has 2 aromatic carbocycles. The Kier molecular flexibility index (Phi) is 7.96. The van der Waals surface area contributed by atoms with Crippen molar-refractivity contribution in [3.8, 4) is 28.6 Å². The number of aromatic hydroxyl groups is 1. The average molecular weight is 509 g/mol. The Balaban J connectivity index is 1.47. The number of amides is 1. The van der Waals surface area contributed by atoms with Crippen LogP contribution in [0.25, 0.3) is 17.1 Å². The molecule has 0 unspecified atom stereocenters. The molecule has 2 heterocycles. The second-order valence-electron chi connectivity index (χ2n) is 7.06. The topological polar surface area (TPSA) is 115 Å². The number of ether oxygens (including phenoxy) is 1. The van der Waals surface area contributed by atoms with Gasteiger partial charge in [0.05, 0.1) is 18.6 Å². The van der Waals surface area contributed by atoms with Gasteiger partial charge in [0.1, 0.15) is 0 Å².